The number of rotatable bonds is 1. The van der Waals surface area contributed by atoms with Gasteiger partial charge in [-0.15, -0.1) is 4.57 Å². The number of allylic oxidation sites excluding steroid dienone is 1. The van der Waals surface area contributed by atoms with Gasteiger partial charge in [0.05, 0.1) is 12.7 Å². The van der Waals surface area contributed by atoms with Gasteiger partial charge in [0, 0.05) is 6.42 Å². The summed E-state index contributed by atoms with van der Waals surface area (Å²) in [7, 11) is 1.15. The third kappa shape index (κ3) is 1.55. The highest BCUT2D eigenvalue weighted by Crippen LogP contribution is 2.25. The topological polar surface area (TPSA) is 94.0 Å². The summed E-state index contributed by atoms with van der Waals surface area (Å²) in [6.45, 7) is 0. The third-order valence-corrected chi connectivity index (χ3v) is 2.97. The van der Waals surface area contributed by atoms with Crippen LogP contribution in [0.3, 0.4) is 0 Å². The maximum Gasteiger partial charge on any atom is 0.360 e. The van der Waals surface area contributed by atoms with Crippen LogP contribution in [0.15, 0.2) is 15.4 Å². The number of nitrogens with zero attached hydrogens (tertiary/aromatic N) is 2. The zero-order valence-corrected chi connectivity index (χ0v) is 10.0. The molecule has 0 amide bonds. The molecular weight excluding hydrogens is 252 g/mol. The highest BCUT2D eigenvalue weighted by Gasteiger charge is 2.24. The summed E-state index contributed by atoms with van der Waals surface area (Å²) in [5, 5.41) is 9.68. The fourth-order valence-corrected chi connectivity index (χ4v) is 2.04. The maximum absolute atomic E-state index is 11.9. The summed E-state index contributed by atoms with van der Waals surface area (Å²) < 4.78 is 10.7. The predicted octanol–water partition coefficient (Wildman–Crippen LogP) is 0.739. The lowest BCUT2D eigenvalue weighted by Gasteiger charge is -2.01. The van der Waals surface area contributed by atoms with Crippen LogP contribution in [0.1, 0.15) is 28.2 Å². The fourth-order valence-electron chi connectivity index (χ4n) is 2.04. The Morgan fingerprint density at radius 3 is 3.11 bits per heavy atom. The molecule has 0 unspecified atom stereocenters. The summed E-state index contributed by atoms with van der Waals surface area (Å²) in [6, 6.07) is 0. The molecule has 98 valence electrons. The fraction of sp³-hybridized carbons (Fsp3) is 0.250. The van der Waals surface area contributed by atoms with Gasteiger partial charge in [-0.25, -0.2) is 9.78 Å². The lowest BCUT2D eigenvalue weighted by molar-refractivity contribution is 0.0590. The molecule has 1 aliphatic carbocycles. The molecule has 19 heavy (non-hydrogen) atoms. The van der Waals surface area contributed by atoms with E-state index in [-0.39, 0.29) is 5.65 Å². The first-order valence-electron chi connectivity index (χ1n) is 5.66. The van der Waals surface area contributed by atoms with Crippen molar-refractivity contribution in [2.24, 2.45) is 0 Å². The monoisotopic (exact) mass is 262 g/mol. The van der Waals surface area contributed by atoms with Gasteiger partial charge < -0.3 is 14.4 Å². The summed E-state index contributed by atoms with van der Waals surface area (Å²) in [5.74, 6) is -1.04. The first kappa shape index (κ1) is 11.5. The van der Waals surface area contributed by atoms with E-state index in [2.05, 4.69) is 9.72 Å². The van der Waals surface area contributed by atoms with Gasteiger partial charge in [-0.1, -0.05) is 12.2 Å². The van der Waals surface area contributed by atoms with E-state index in [0.29, 0.717) is 17.7 Å². The molecule has 0 saturated heterocycles. The van der Waals surface area contributed by atoms with Crippen molar-refractivity contribution >= 4 is 17.7 Å². The van der Waals surface area contributed by atoms with Crippen LogP contribution in [-0.4, -0.2) is 27.7 Å². The highest BCUT2D eigenvalue weighted by atomic mass is 16.5. The van der Waals surface area contributed by atoms with Crippen molar-refractivity contribution in [1.29, 1.82) is 0 Å². The second kappa shape index (κ2) is 3.98. The van der Waals surface area contributed by atoms with Crippen molar-refractivity contribution in [2.75, 3.05) is 7.11 Å². The molecule has 1 aliphatic rings. The average Bonchev–Trinajstić information content (AvgIpc) is 2.81. The first-order valence-corrected chi connectivity index (χ1v) is 5.66. The van der Waals surface area contributed by atoms with Gasteiger partial charge >= 0.3 is 11.5 Å². The van der Waals surface area contributed by atoms with Crippen molar-refractivity contribution in [3.63, 3.8) is 0 Å². The van der Waals surface area contributed by atoms with Crippen LogP contribution in [0.4, 0.5) is 0 Å². The Kier molecular flexibility index (Phi) is 2.41. The van der Waals surface area contributed by atoms with Gasteiger partial charge in [0.2, 0.25) is 5.75 Å². The summed E-state index contributed by atoms with van der Waals surface area (Å²) in [4.78, 5) is 27.4. The number of aromatic nitrogens is 2. The lowest BCUT2D eigenvalue weighted by atomic mass is 10.1. The Morgan fingerprint density at radius 2 is 2.37 bits per heavy atom. The summed E-state index contributed by atoms with van der Waals surface area (Å²) in [6.07, 6.45) is 5.15. The molecule has 2 heterocycles. The Balaban J connectivity index is 2.39. The van der Waals surface area contributed by atoms with E-state index in [0.717, 1.165) is 18.1 Å². The van der Waals surface area contributed by atoms with Crippen molar-refractivity contribution in [2.45, 2.75) is 12.8 Å². The molecule has 3 rings (SSSR count). The van der Waals surface area contributed by atoms with E-state index in [9.17, 15) is 14.7 Å². The summed E-state index contributed by atoms with van der Waals surface area (Å²) >= 11 is 0. The van der Waals surface area contributed by atoms with E-state index >= 15 is 0 Å². The van der Waals surface area contributed by atoms with Crippen LogP contribution in [0.25, 0.3) is 11.7 Å². The molecule has 0 fully saturated rings. The minimum Gasteiger partial charge on any atom is -0.501 e. The van der Waals surface area contributed by atoms with Gasteiger partial charge in [-0.05, 0) is 6.42 Å². The van der Waals surface area contributed by atoms with Crippen LogP contribution >= 0.6 is 0 Å². The number of aromatic hydroxyl groups is 1. The second-order valence-corrected chi connectivity index (χ2v) is 4.09. The zero-order chi connectivity index (χ0) is 13.6. The molecule has 0 saturated carbocycles. The van der Waals surface area contributed by atoms with Gasteiger partial charge in [0.1, 0.15) is 5.76 Å². The number of hydrogen-bond acceptors (Lipinski definition) is 6. The van der Waals surface area contributed by atoms with E-state index in [4.69, 9.17) is 4.52 Å². The van der Waals surface area contributed by atoms with Crippen molar-refractivity contribution < 1.29 is 19.2 Å². The standard InChI is InChI=1S/C12H10N2O5/c1-18-12(17)8-9(15)11(16)14-10(13-8)6-4-2-3-5-7(6)19-14/h2,4,15H,3,5H2,1H3. The van der Waals surface area contributed by atoms with E-state index < -0.39 is 23.0 Å². The molecule has 0 spiro atoms. The Hall–Kier alpha value is -2.57. The summed E-state index contributed by atoms with van der Waals surface area (Å²) in [5.41, 5.74) is -0.383. The smallest absolute Gasteiger partial charge is 0.360 e. The van der Waals surface area contributed by atoms with E-state index in [1.54, 1.807) is 6.08 Å². The van der Waals surface area contributed by atoms with Gasteiger partial charge in [-0.2, -0.15) is 0 Å². The molecule has 0 atom stereocenters. The number of ether oxygens (including phenoxy) is 1. The maximum atomic E-state index is 11.9. The number of fused-ring (bicyclic) bond motifs is 3. The lowest BCUT2D eigenvalue weighted by Crippen LogP contribution is -2.18. The molecule has 7 nitrogen and oxygen atoms in total. The Morgan fingerprint density at radius 1 is 1.58 bits per heavy atom. The third-order valence-electron chi connectivity index (χ3n) is 2.97. The number of carbonyl (C=O) groups excluding carboxylic acids is 1. The van der Waals surface area contributed by atoms with Gasteiger partial charge in [-0.3, -0.25) is 4.79 Å². The zero-order valence-electron chi connectivity index (χ0n) is 10.0. The molecule has 0 bridgehead atoms. The van der Waals surface area contributed by atoms with Crippen molar-refractivity contribution in [1.82, 2.24) is 9.56 Å². The predicted molar refractivity (Wildman–Crippen MR) is 64.1 cm³/mol. The van der Waals surface area contributed by atoms with Crippen molar-refractivity contribution in [3.05, 3.63) is 33.4 Å². The molecule has 7 heteroatoms. The minimum absolute atomic E-state index is 0.203. The number of hydrogen-bond donors (Lipinski definition) is 1. The second-order valence-electron chi connectivity index (χ2n) is 4.09. The molecular formula is C12H10N2O5. The molecule has 2 aromatic rings. The number of esters is 1. The van der Waals surface area contributed by atoms with Crippen LogP contribution in [0.2, 0.25) is 0 Å². The van der Waals surface area contributed by atoms with E-state index in [1.165, 1.54) is 0 Å². The quantitative estimate of drug-likeness (QED) is 0.762. The first-order chi connectivity index (χ1) is 9.13. The van der Waals surface area contributed by atoms with Crippen LogP contribution < -0.4 is 5.56 Å². The van der Waals surface area contributed by atoms with Crippen LogP contribution in [0, 0.1) is 0 Å². The molecule has 1 N–H and O–H groups in total. The largest absolute Gasteiger partial charge is 0.501 e. The normalized spacial score (nSPS) is 13.5. The molecule has 0 radical (unpaired) electrons. The average molecular weight is 262 g/mol. The minimum atomic E-state index is -0.869. The van der Waals surface area contributed by atoms with Gasteiger partial charge in [0.15, 0.2) is 11.3 Å². The highest BCUT2D eigenvalue weighted by molar-refractivity contribution is 5.91. The SMILES string of the molecule is COC(=O)c1nc2c3c(on2c(=O)c1O)CCC=C3. The van der Waals surface area contributed by atoms with Gasteiger partial charge in [0.25, 0.3) is 0 Å². The Labute approximate surface area is 106 Å². The van der Waals surface area contributed by atoms with Crippen molar-refractivity contribution in [3.8, 4) is 5.75 Å². The van der Waals surface area contributed by atoms with E-state index in [1.807, 2.05) is 6.08 Å². The van der Waals surface area contributed by atoms with Crippen LogP contribution in [0.5, 0.6) is 5.75 Å². The number of methoxy groups -OCH3 is 1. The molecule has 0 aliphatic heterocycles. The Bertz CT molecular complexity index is 768. The molecule has 2 aromatic heterocycles. The molecule has 0 aromatic carbocycles. The van der Waals surface area contributed by atoms with Crippen LogP contribution in [-0.2, 0) is 11.2 Å². The number of carbonyl (C=O) groups is 1. The number of aryl methyl sites for hydroxylation is 1.